The van der Waals surface area contributed by atoms with E-state index in [2.05, 4.69) is 0 Å². The molecule has 122 valence electrons. The third-order valence-corrected chi connectivity index (χ3v) is 3.57. The number of aliphatic hydroxyl groups is 1. The predicted octanol–water partition coefficient (Wildman–Crippen LogP) is 2.53. The molecule has 0 aliphatic heterocycles. The zero-order valence-corrected chi connectivity index (χ0v) is 13.6. The molecule has 0 aliphatic carbocycles. The first kappa shape index (κ1) is 16.9. The number of hydrogen-bond acceptors (Lipinski definition) is 5. The van der Waals surface area contributed by atoms with Gasteiger partial charge >= 0.3 is 0 Å². The maximum atomic E-state index is 10.4. The van der Waals surface area contributed by atoms with Crippen molar-refractivity contribution in [3.63, 3.8) is 0 Å². The molecular formula is C18H23N3O2. The molecule has 6 N–H and O–H groups in total. The third kappa shape index (κ3) is 4.03. The van der Waals surface area contributed by atoms with Gasteiger partial charge in [-0.25, -0.2) is 5.84 Å². The molecule has 0 radical (unpaired) electrons. The molecule has 0 spiro atoms. The average molecular weight is 313 g/mol. The van der Waals surface area contributed by atoms with Crippen LogP contribution in [0.15, 0.2) is 48.3 Å². The number of rotatable bonds is 4. The molecule has 0 saturated carbocycles. The minimum atomic E-state index is -0.966. The Hall–Kier alpha value is -2.50. The summed E-state index contributed by atoms with van der Waals surface area (Å²) >= 11 is 0. The van der Waals surface area contributed by atoms with E-state index in [-0.39, 0.29) is 11.4 Å². The Labute approximate surface area is 136 Å². The Balaban J connectivity index is 2.27. The van der Waals surface area contributed by atoms with Gasteiger partial charge in [-0.3, -0.25) is 5.01 Å². The van der Waals surface area contributed by atoms with Crippen LogP contribution in [0.4, 0.5) is 5.69 Å². The van der Waals surface area contributed by atoms with Crippen molar-refractivity contribution in [3.05, 3.63) is 70.5 Å². The van der Waals surface area contributed by atoms with Crippen LogP contribution in [0.5, 0.6) is 5.75 Å². The molecule has 1 unspecified atom stereocenters. The van der Waals surface area contributed by atoms with Gasteiger partial charge in [-0.15, -0.1) is 0 Å². The van der Waals surface area contributed by atoms with E-state index in [0.29, 0.717) is 11.3 Å². The van der Waals surface area contributed by atoms with Crippen molar-refractivity contribution in [1.82, 2.24) is 0 Å². The number of aryl methyl sites for hydroxylation is 3. The molecule has 5 nitrogen and oxygen atoms in total. The summed E-state index contributed by atoms with van der Waals surface area (Å²) in [5.74, 6) is 5.98. The minimum absolute atomic E-state index is 0.0532. The summed E-state index contributed by atoms with van der Waals surface area (Å²) in [7, 11) is 0. The van der Waals surface area contributed by atoms with Gasteiger partial charge < -0.3 is 15.9 Å². The van der Waals surface area contributed by atoms with Gasteiger partial charge in [0.05, 0.1) is 11.4 Å². The number of phenols is 1. The zero-order valence-electron chi connectivity index (χ0n) is 13.6. The lowest BCUT2D eigenvalue weighted by atomic mass is 10.0. The smallest absolute Gasteiger partial charge is 0.140 e. The third-order valence-electron chi connectivity index (χ3n) is 3.57. The highest BCUT2D eigenvalue weighted by Crippen LogP contribution is 2.28. The van der Waals surface area contributed by atoms with E-state index in [1.807, 2.05) is 45.0 Å². The predicted molar refractivity (Wildman–Crippen MR) is 92.7 cm³/mol. The van der Waals surface area contributed by atoms with Crippen LogP contribution in [0.2, 0.25) is 0 Å². The molecule has 0 amide bonds. The average Bonchev–Trinajstić information content (AvgIpc) is 2.45. The fraction of sp³-hybridized carbons (Fsp3) is 0.222. The molecular weight excluding hydrogens is 290 g/mol. The van der Waals surface area contributed by atoms with Crippen LogP contribution in [-0.2, 0) is 0 Å². The van der Waals surface area contributed by atoms with E-state index < -0.39 is 6.10 Å². The molecule has 1 atom stereocenters. The van der Waals surface area contributed by atoms with Crippen molar-refractivity contribution in [2.45, 2.75) is 26.9 Å². The van der Waals surface area contributed by atoms with Crippen LogP contribution in [0.1, 0.15) is 28.4 Å². The summed E-state index contributed by atoms with van der Waals surface area (Å²) < 4.78 is 0. The highest BCUT2D eigenvalue weighted by Gasteiger charge is 2.14. The summed E-state index contributed by atoms with van der Waals surface area (Å²) in [6.07, 6.45) is 0.444. The van der Waals surface area contributed by atoms with Crippen molar-refractivity contribution >= 4 is 5.69 Å². The lowest BCUT2D eigenvalue weighted by Gasteiger charge is -2.19. The van der Waals surface area contributed by atoms with Crippen molar-refractivity contribution in [3.8, 4) is 5.75 Å². The van der Waals surface area contributed by atoms with Gasteiger partial charge in [-0.2, -0.15) is 0 Å². The van der Waals surface area contributed by atoms with Gasteiger partial charge in [0.2, 0.25) is 0 Å². The second-order valence-corrected chi connectivity index (χ2v) is 5.85. The lowest BCUT2D eigenvalue weighted by molar-refractivity contribution is 0.213. The normalized spacial score (nSPS) is 13.0. The standard InChI is InChI=1S/C18H23N3O2/c1-11-4-5-16(17(22)9-11)21(20)10-15(19)18(23)14-7-12(2)6-13(3)8-14/h4-10,18,22-23H,19-20H2,1-3H3/b15-10-. The Kier molecular flexibility index (Phi) is 4.93. The highest BCUT2D eigenvalue weighted by atomic mass is 16.3. The second kappa shape index (κ2) is 6.73. The number of hydrazine groups is 1. The first-order valence-corrected chi connectivity index (χ1v) is 7.35. The maximum absolute atomic E-state index is 10.4. The summed E-state index contributed by atoms with van der Waals surface area (Å²) in [5, 5.41) is 21.6. The monoisotopic (exact) mass is 313 g/mol. The summed E-state index contributed by atoms with van der Waals surface area (Å²) in [5.41, 5.74) is 10.3. The van der Waals surface area contributed by atoms with Crippen LogP contribution in [-0.4, -0.2) is 10.2 Å². The fourth-order valence-corrected chi connectivity index (χ4v) is 2.51. The minimum Gasteiger partial charge on any atom is -0.506 e. The number of anilines is 1. The van der Waals surface area contributed by atoms with Gasteiger partial charge in [-0.1, -0.05) is 35.4 Å². The molecule has 0 bridgehead atoms. The fourth-order valence-electron chi connectivity index (χ4n) is 2.51. The lowest BCUT2D eigenvalue weighted by Crippen LogP contribution is -2.27. The van der Waals surface area contributed by atoms with E-state index in [9.17, 15) is 10.2 Å². The first-order valence-electron chi connectivity index (χ1n) is 7.35. The van der Waals surface area contributed by atoms with Gasteiger partial charge in [-0.05, 0) is 44.0 Å². The Morgan fingerprint density at radius 3 is 2.22 bits per heavy atom. The van der Waals surface area contributed by atoms with Gasteiger partial charge in [0, 0.05) is 6.20 Å². The number of benzene rings is 2. The molecule has 2 aromatic rings. The first-order chi connectivity index (χ1) is 10.8. The molecule has 2 rings (SSSR count). The molecule has 2 aromatic carbocycles. The number of aromatic hydroxyl groups is 1. The Morgan fingerprint density at radius 1 is 1.04 bits per heavy atom. The zero-order chi connectivity index (χ0) is 17.1. The number of phenolic OH excluding ortho intramolecular Hbond substituents is 1. The SMILES string of the molecule is Cc1cc(C)cc(C(O)/C(N)=C/N(N)c2ccc(C)cc2O)c1. The van der Waals surface area contributed by atoms with E-state index in [4.69, 9.17) is 11.6 Å². The van der Waals surface area contributed by atoms with Crippen LogP contribution >= 0.6 is 0 Å². The van der Waals surface area contributed by atoms with Crippen LogP contribution in [0.25, 0.3) is 0 Å². The highest BCUT2D eigenvalue weighted by molar-refractivity contribution is 5.59. The summed E-state index contributed by atoms with van der Waals surface area (Å²) in [6, 6.07) is 10.9. The van der Waals surface area contributed by atoms with Crippen LogP contribution in [0.3, 0.4) is 0 Å². The van der Waals surface area contributed by atoms with Crippen molar-refractivity contribution in [2.24, 2.45) is 11.6 Å². The number of nitrogens with two attached hydrogens (primary N) is 2. The van der Waals surface area contributed by atoms with Gasteiger partial charge in [0.1, 0.15) is 11.9 Å². The van der Waals surface area contributed by atoms with Crippen molar-refractivity contribution in [2.75, 3.05) is 5.01 Å². The van der Waals surface area contributed by atoms with Crippen molar-refractivity contribution < 1.29 is 10.2 Å². The number of hydrogen-bond donors (Lipinski definition) is 4. The molecule has 0 fully saturated rings. The number of aliphatic hydroxyl groups excluding tert-OH is 1. The van der Waals surface area contributed by atoms with Crippen LogP contribution < -0.4 is 16.6 Å². The Morgan fingerprint density at radius 2 is 1.65 bits per heavy atom. The van der Waals surface area contributed by atoms with E-state index in [1.165, 1.54) is 11.2 Å². The van der Waals surface area contributed by atoms with Gasteiger partial charge in [0.25, 0.3) is 0 Å². The molecule has 23 heavy (non-hydrogen) atoms. The topological polar surface area (TPSA) is 95.7 Å². The molecule has 5 heteroatoms. The van der Waals surface area contributed by atoms with E-state index in [0.717, 1.165) is 16.7 Å². The quantitative estimate of drug-likeness (QED) is 0.514. The maximum Gasteiger partial charge on any atom is 0.140 e. The van der Waals surface area contributed by atoms with Gasteiger partial charge in [0.15, 0.2) is 0 Å². The van der Waals surface area contributed by atoms with Crippen LogP contribution in [0, 0.1) is 20.8 Å². The molecule has 0 heterocycles. The summed E-state index contributed by atoms with van der Waals surface area (Å²) in [4.78, 5) is 0. The van der Waals surface area contributed by atoms with Crippen molar-refractivity contribution in [1.29, 1.82) is 0 Å². The molecule has 0 aliphatic rings. The molecule has 0 saturated heterocycles. The van der Waals surface area contributed by atoms with E-state index >= 15 is 0 Å². The Bertz CT molecular complexity index is 721. The van der Waals surface area contributed by atoms with E-state index in [1.54, 1.807) is 12.1 Å². The summed E-state index contributed by atoms with van der Waals surface area (Å²) in [6.45, 7) is 5.80. The number of nitrogens with zero attached hydrogens (tertiary/aromatic N) is 1. The molecule has 0 aromatic heterocycles. The second-order valence-electron chi connectivity index (χ2n) is 5.85. The largest absolute Gasteiger partial charge is 0.506 e.